The van der Waals surface area contributed by atoms with Crippen LogP contribution in [-0.2, 0) is 27.6 Å². The summed E-state index contributed by atoms with van der Waals surface area (Å²) in [5.41, 5.74) is 1.82. The predicted molar refractivity (Wildman–Crippen MR) is 121 cm³/mol. The fraction of sp³-hybridized carbons (Fsp3) is 0.364. The number of amidine groups is 1. The first-order valence-corrected chi connectivity index (χ1v) is 12.6. The Morgan fingerprint density at radius 1 is 1.06 bits per heavy atom. The summed E-state index contributed by atoms with van der Waals surface area (Å²) in [6.07, 6.45) is 0.122. The quantitative estimate of drug-likeness (QED) is 0.655. The predicted octanol–water partition coefficient (Wildman–Crippen LogP) is 2.54. The maximum Gasteiger partial charge on any atom is 0.252 e. The maximum absolute atomic E-state index is 12.7. The number of rotatable bonds is 6. The molecule has 0 aromatic heterocycles. The van der Waals surface area contributed by atoms with E-state index in [4.69, 9.17) is 9.47 Å². The third-order valence-corrected chi connectivity index (χ3v) is 8.64. The van der Waals surface area contributed by atoms with E-state index in [1.165, 1.54) is 11.8 Å². The molecule has 0 saturated carbocycles. The summed E-state index contributed by atoms with van der Waals surface area (Å²) in [5, 5.41) is 0.501. The summed E-state index contributed by atoms with van der Waals surface area (Å²) in [7, 11) is 0.0349. The number of nitrogens with zero attached hydrogens (tertiary/aromatic N) is 2. The SMILES string of the molecule is COc1ccc(CC(=O)N=C2S[C@H]3CS(=O)(=O)C[C@@H]3N2Cc2ccccc2)cc1OC. The van der Waals surface area contributed by atoms with Crippen LogP contribution in [0.2, 0.25) is 0 Å². The van der Waals surface area contributed by atoms with Crippen LogP contribution in [0.3, 0.4) is 0 Å². The van der Waals surface area contributed by atoms with Gasteiger partial charge >= 0.3 is 0 Å². The minimum Gasteiger partial charge on any atom is -0.493 e. The molecule has 0 aliphatic carbocycles. The van der Waals surface area contributed by atoms with Crippen LogP contribution in [0.5, 0.6) is 11.5 Å². The Hall–Kier alpha value is -2.52. The average Bonchev–Trinajstić information content (AvgIpc) is 3.20. The zero-order chi connectivity index (χ0) is 22.0. The van der Waals surface area contributed by atoms with E-state index in [0.717, 1.165) is 11.1 Å². The van der Waals surface area contributed by atoms with Crippen molar-refractivity contribution in [2.45, 2.75) is 24.3 Å². The van der Waals surface area contributed by atoms with Gasteiger partial charge < -0.3 is 14.4 Å². The van der Waals surface area contributed by atoms with Crippen molar-refractivity contribution in [3.8, 4) is 11.5 Å². The summed E-state index contributed by atoms with van der Waals surface area (Å²) >= 11 is 1.39. The fourth-order valence-corrected chi connectivity index (χ4v) is 7.88. The molecule has 0 N–H and O–H groups in total. The number of amides is 1. The van der Waals surface area contributed by atoms with Crippen LogP contribution >= 0.6 is 11.8 Å². The number of fused-ring (bicyclic) bond motifs is 1. The van der Waals surface area contributed by atoms with Crippen molar-refractivity contribution in [3.05, 3.63) is 59.7 Å². The second kappa shape index (κ2) is 8.92. The zero-order valence-electron chi connectivity index (χ0n) is 17.4. The Morgan fingerprint density at radius 2 is 1.81 bits per heavy atom. The van der Waals surface area contributed by atoms with Gasteiger partial charge in [-0.05, 0) is 23.3 Å². The summed E-state index contributed by atoms with van der Waals surface area (Å²) in [5.74, 6) is 1.09. The van der Waals surface area contributed by atoms with E-state index in [2.05, 4.69) is 4.99 Å². The lowest BCUT2D eigenvalue weighted by molar-refractivity contribution is -0.117. The highest BCUT2D eigenvalue weighted by atomic mass is 32.2. The Bertz CT molecular complexity index is 1100. The van der Waals surface area contributed by atoms with Gasteiger partial charge in [0.05, 0.1) is 38.2 Å². The van der Waals surface area contributed by atoms with Crippen molar-refractivity contribution in [1.82, 2.24) is 4.90 Å². The molecule has 0 spiro atoms. The lowest BCUT2D eigenvalue weighted by Crippen LogP contribution is -2.37. The first-order valence-electron chi connectivity index (χ1n) is 9.88. The Morgan fingerprint density at radius 3 is 2.52 bits per heavy atom. The van der Waals surface area contributed by atoms with Crippen molar-refractivity contribution in [2.24, 2.45) is 4.99 Å². The molecular formula is C22H24N2O5S2. The number of aliphatic imine (C=N–C) groups is 1. The number of carbonyl (C=O) groups is 1. The van der Waals surface area contributed by atoms with Crippen LogP contribution in [0.4, 0.5) is 0 Å². The molecule has 2 aliphatic rings. The van der Waals surface area contributed by atoms with Gasteiger partial charge in [-0.3, -0.25) is 4.79 Å². The smallest absolute Gasteiger partial charge is 0.252 e. The molecule has 2 aromatic carbocycles. The van der Waals surface area contributed by atoms with Crippen molar-refractivity contribution >= 4 is 32.7 Å². The molecule has 2 heterocycles. The lowest BCUT2D eigenvalue weighted by Gasteiger charge is -2.24. The van der Waals surface area contributed by atoms with Gasteiger partial charge in [-0.1, -0.05) is 48.2 Å². The largest absolute Gasteiger partial charge is 0.493 e. The Balaban J connectivity index is 1.55. The monoisotopic (exact) mass is 460 g/mol. The highest BCUT2D eigenvalue weighted by Crippen LogP contribution is 2.39. The third-order valence-electron chi connectivity index (χ3n) is 5.39. The molecule has 0 radical (unpaired) electrons. The molecule has 2 atom stereocenters. The van der Waals surface area contributed by atoms with Gasteiger partial charge in [-0.15, -0.1) is 0 Å². The van der Waals surface area contributed by atoms with Gasteiger partial charge in [0.25, 0.3) is 5.91 Å². The number of hydrogen-bond donors (Lipinski definition) is 0. The van der Waals surface area contributed by atoms with Crippen molar-refractivity contribution in [2.75, 3.05) is 25.7 Å². The molecule has 2 aliphatic heterocycles. The molecule has 2 fully saturated rings. The molecule has 7 nitrogen and oxygen atoms in total. The zero-order valence-corrected chi connectivity index (χ0v) is 19.0. The van der Waals surface area contributed by atoms with Crippen molar-refractivity contribution in [3.63, 3.8) is 0 Å². The number of thioether (sulfide) groups is 1. The molecule has 2 aromatic rings. The normalized spacial score (nSPS) is 23.0. The second-order valence-electron chi connectivity index (χ2n) is 7.57. The summed E-state index contributed by atoms with van der Waals surface area (Å²) in [6.45, 7) is 0.521. The Labute approximate surface area is 186 Å². The minimum atomic E-state index is -3.07. The van der Waals surface area contributed by atoms with Gasteiger partial charge in [-0.25, -0.2) is 8.42 Å². The number of methoxy groups -OCH3 is 2. The van der Waals surface area contributed by atoms with Gasteiger partial charge in [0.1, 0.15) is 0 Å². The van der Waals surface area contributed by atoms with Crippen LogP contribution in [0, 0.1) is 0 Å². The summed E-state index contributed by atoms with van der Waals surface area (Å²) in [4.78, 5) is 19.1. The standard InChI is InChI=1S/C22H24N2O5S2/c1-28-18-9-8-16(10-19(18)29-2)11-21(25)23-22-24(12-15-6-4-3-5-7-15)17-13-31(26,27)14-20(17)30-22/h3-10,17,20H,11-14H2,1-2H3/t17-,20-/m0/s1. The summed E-state index contributed by atoms with van der Waals surface area (Å²) in [6, 6.07) is 15.0. The number of carbonyl (C=O) groups excluding carboxylic acids is 1. The highest BCUT2D eigenvalue weighted by Gasteiger charge is 2.48. The van der Waals surface area contributed by atoms with Gasteiger partial charge in [-0.2, -0.15) is 4.99 Å². The minimum absolute atomic E-state index is 0.0960. The van der Waals surface area contributed by atoms with Gasteiger partial charge in [0, 0.05) is 11.8 Å². The molecule has 4 rings (SSSR count). The van der Waals surface area contributed by atoms with E-state index >= 15 is 0 Å². The maximum atomic E-state index is 12.7. The lowest BCUT2D eigenvalue weighted by atomic mass is 10.1. The third kappa shape index (κ3) is 4.88. The van der Waals surface area contributed by atoms with E-state index in [1.807, 2.05) is 41.3 Å². The van der Waals surface area contributed by atoms with E-state index < -0.39 is 9.84 Å². The first kappa shape index (κ1) is 21.7. The first-order chi connectivity index (χ1) is 14.9. The topological polar surface area (TPSA) is 85.3 Å². The number of sulfone groups is 1. The number of benzene rings is 2. The van der Waals surface area contributed by atoms with Crippen LogP contribution in [0.1, 0.15) is 11.1 Å². The van der Waals surface area contributed by atoms with Crippen LogP contribution in [-0.4, -0.2) is 61.4 Å². The number of ether oxygens (including phenoxy) is 2. The molecule has 0 unspecified atom stereocenters. The van der Waals surface area contributed by atoms with Gasteiger partial charge in [0.15, 0.2) is 26.5 Å². The second-order valence-corrected chi connectivity index (χ2v) is 10.9. The average molecular weight is 461 g/mol. The molecule has 31 heavy (non-hydrogen) atoms. The van der Waals surface area contributed by atoms with E-state index in [-0.39, 0.29) is 35.1 Å². The molecule has 164 valence electrons. The summed E-state index contributed by atoms with van der Waals surface area (Å²) < 4.78 is 34.9. The van der Waals surface area contributed by atoms with Gasteiger partial charge in [0.2, 0.25) is 0 Å². The molecule has 9 heteroatoms. The molecule has 1 amide bonds. The fourth-order valence-electron chi connectivity index (χ4n) is 3.91. The van der Waals surface area contributed by atoms with Crippen molar-refractivity contribution in [1.29, 1.82) is 0 Å². The van der Waals surface area contributed by atoms with E-state index in [1.54, 1.807) is 26.4 Å². The van der Waals surface area contributed by atoms with Crippen LogP contribution in [0.25, 0.3) is 0 Å². The van der Waals surface area contributed by atoms with Crippen LogP contribution < -0.4 is 9.47 Å². The van der Waals surface area contributed by atoms with E-state index in [9.17, 15) is 13.2 Å². The van der Waals surface area contributed by atoms with Crippen molar-refractivity contribution < 1.29 is 22.7 Å². The molecule has 2 saturated heterocycles. The molecule has 0 bridgehead atoms. The number of hydrogen-bond acceptors (Lipinski definition) is 6. The van der Waals surface area contributed by atoms with E-state index in [0.29, 0.717) is 23.2 Å². The Kier molecular flexibility index (Phi) is 6.24. The van der Waals surface area contributed by atoms with Crippen LogP contribution in [0.15, 0.2) is 53.5 Å². The molecular weight excluding hydrogens is 436 g/mol. The highest BCUT2D eigenvalue weighted by molar-refractivity contribution is 8.15.